The van der Waals surface area contributed by atoms with Crippen molar-refractivity contribution in [2.24, 2.45) is 4.99 Å². The largest absolute Gasteiger partial charge is 0.457 e. The molecular weight excluding hydrogens is 450 g/mol. The van der Waals surface area contributed by atoms with Crippen molar-refractivity contribution < 1.29 is 14.1 Å². The van der Waals surface area contributed by atoms with Crippen LogP contribution in [0, 0.1) is 10.1 Å². The first-order valence-electron chi connectivity index (χ1n) is 12.2. The molecule has 0 radical (unpaired) electrons. The minimum Gasteiger partial charge on any atom is -0.457 e. The number of amides is 1. The van der Waals surface area contributed by atoms with Crippen molar-refractivity contribution in [1.29, 1.82) is 0 Å². The van der Waals surface area contributed by atoms with Crippen molar-refractivity contribution in [3.63, 3.8) is 0 Å². The lowest BCUT2D eigenvalue weighted by Gasteiger charge is -2.31. The maximum Gasteiger partial charge on any atom is 0.270 e. The van der Waals surface area contributed by atoms with E-state index in [1.807, 2.05) is 4.90 Å². The van der Waals surface area contributed by atoms with Crippen LogP contribution in [0.15, 0.2) is 50.7 Å². The van der Waals surface area contributed by atoms with E-state index < -0.39 is 4.92 Å². The van der Waals surface area contributed by atoms with Crippen LogP contribution in [0.5, 0.6) is 0 Å². The monoisotopic (exact) mass is 479 g/mol. The molecule has 7 nitrogen and oxygen atoms in total. The summed E-state index contributed by atoms with van der Waals surface area (Å²) in [6, 6.07) is 10.5. The van der Waals surface area contributed by atoms with Gasteiger partial charge in [-0.15, -0.1) is 0 Å². The van der Waals surface area contributed by atoms with E-state index in [0.29, 0.717) is 28.0 Å². The normalized spacial score (nSPS) is 22.7. The van der Waals surface area contributed by atoms with Crippen molar-refractivity contribution in [3.05, 3.63) is 57.2 Å². The molecule has 2 aromatic rings. The third kappa shape index (κ3) is 4.97. The maximum atomic E-state index is 13.5. The molecule has 2 heterocycles. The summed E-state index contributed by atoms with van der Waals surface area (Å²) in [4.78, 5) is 31.8. The minimum atomic E-state index is -0.420. The molecule has 3 aliphatic rings. The number of carbonyl (C=O) groups is 1. The van der Waals surface area contributed by atoms with E-state index in [9.17, 15) is 14.9 Å². The van der Waals surface area contributed by atoms with Crippen LogP contribution in [-0.4, -0.2) is 33.0 Å². The highest BCUT2D eigenvalue weighted by Gasteiger charge is 2.39. The zero-order valence-corrected chi connectivity index (χ0v) is 20.0. The number of non-ortho nitro benzene ring substituents is 1. The maximum absolute atomic E-state index is 13.5. The molecule has 1 aromatic carbocycles. The fraction of sp³-hybridized carbons (Fsp3) is 0.462. The van der Waals surface area contributed by atoms with Crippen LogP contribution in [-0.2, 0) is 4.79 Å². The van der Waals surface area contributed by atoms with Gasteiger partial charge in [-0.25, -0.2) is 0 Å². The van der Waals surface area contributed by atoms with E-state index in [1.165, 1.54) is 49.6 Å². The second-order valence-electron chi connectivity index (χ2n) is 9.29. The number of hydrogen-bond acceptors (Lipinski definition) is 6. The SMILES string of the molecule is O=C1C(=Cc2ccc(-c3cccc([N+](=O)[O-])c3)o2)SC(=NC2CCCCC2)N1C1CCCCC1. The van der Waals surface area contributed by atoms with Gasteiger partial charge in [-0.3, -0.25) is 24.8 Å². The molecule has 1 aliphatic heterocycles. The molecule has 5 rings (SSSR count). The number of furan rings is 1. The van der Waals surface area contributed by atoms with Crippen LogP contribution in [0.25, 0.3) is 17.4 Å². The first kappa shape index (κ1) is 22.9. The summed E-state index contributed by atoms with van der Waals surface area (Å²) < 4.78 is 5.96. The van der Waals surface area contributed by atoms with Crippen molar-refractivity contribution >= 4 is 34.6 Å². The van der Waals surface area contributed by atoms with E-state index in [1.54, 1.807) is 30.3 Å². The van der Waals surface area contributed by atoms with Crippen LogP contribution in [0.4, 0.5) is 5.69 Å². The number of thioether (sulfide) groups is 1. The smallest absolute Gasteiger partial charge is 0.270 e. The van der Waals surface area contributed by atoms with Crippen LogP contribution in [0.3, 0.4) is 0 Å². The number of aliphatic imine (C=N–C) groups is 1. The summed E-state index contributed by atoms with van der Waals surface area (Å²) in [7, 11) is 0. The van der Waals surface area contributed by atoms with Gasteiger partial charge in [0.05, 0.1) is 15.9 Å². The van der Waals surface area contributed by atoms with E-state index in [2.05, 4.69) is 0 Å². The number of rotatable bonds is 5. The summed E-state index contributed by atoms with van der Waals surface area (Å²) >= 11 is 1.46. The Morgan fingerprint density at radius 1 is 1.03 bits per heavy atom. The Morgan fingerprint density at radius 3 is 2.50 bits per heavy atom. The molecule has 2 saturated carbocycles. The molecule has 34 heavy (non-hydrogen) atoms. The fourth-order valence-corrected chi connectivity index (χ4v) is 6.18. The van der Waals surface area contributed by atoms with Gasteiger partial charge in [0.15, 0.2) is 5.17 Å². The quantitative estimate of drug-likeness (QED) is 0.267. The van der Waals surface area contributed by atoms with Gasteiger partial charge in [0, 0.05) is 29.8 Å². The average Bonchev–Trinajstić information content (AvgIpc) is 3.45. The van der Waals surface area contributed by atoms with E-state index in [0.717, 1.165) is 43.7 Å². The van der Waals surface area contributed by atoms with Gasteiger partial charge in [-0.05, 0) is 49.6 Å². The first-order chi connectivity index (χ1) is 16.6. The Bertz CT molecular complexity index is 1130. The topological polar surface area (TPSA) is 88.9 Å². The van der Waals surface area contributed by atoms with Crippen LogP contribution >= 0.6 is 11.8 Å². The number of nitro benzene ring substituents is 1. The van der Waals surface area contributed by atoms with E-state index in [4.69, 9.17) is 9.41 Å². The Labute approximate surface area is 203 Å². The predicted octanol–water partition coefficient (Wildman–Crippen LogP) is 6.79. The molecule has 0 unspecified atom stereocenters. The van der Waals surface area contributed by atoms with Crippen LogP contribution < -0.4 is 0 Å². The molecule has 178 valence electrons. The molecule has 2 aliphatic carbocycles. The standard InChI is InChI=1S/C26H29N3O4S/c30-25-24(17-22-14-15-23(33-22)18-8-7-13-21(16-18)29(31)32)34-26(27-19-9-3-1-4-10-19)28(25)20-11-5-2-6-12-20/h7-8,13-17,19-20H,1-6,9-12H2. The number of benzene rings is 1. The predicted molar refractivity (Wildman–Crippen MR) is 134 cm³/mol. The van der Waals surface area contributed by atoms with Crippen molar-refractivity contribution in [3.8, 4) is 11.3 Å². The Morgan fingerprint density at radius 2 is 1.76 bits per heavy atom. The average molecular weight is 480 g/mol. The zero-order valence-electron chi connectivity index (χ0n) is 19.2. The van der Waals surface area contributed by atoms with Gasteiger partial charge in [-0.1, -0.05) is 50.7 Å². The summed E-state index contributed by atoms with van der Waals surface area (Å²) in [5.41, 5.74) is 0.648. The molecule has 0 N–H and O–H groups in total. The zero-order chi connectivity index (χ0) is 23.5. The van der Waals surface area contributed by atoms with E-state index in [-0.39, 0.29) is 17.6 Å². The van der Waals surface area contributed by atoms with E-state index >= 15 is 0 Å². The summed E-state index contributed by atoms with van der Waals surface area (Å²) in [5.74, 6) is 1.10. The lowest BCUT2D eigenvalue weighted by Crippen LogP contribution is -2.41. The Hall–Kier alpha value is -2.87. The van der Waals surface area contributed by atoms with Gasteiger partial charge in [0.25, 0.3) is 11.6 Å². The van der Waals surface area contributed by atoms with Crippen LogP contribution in [0.1, 0.15) is 70.0 Å². The van der Waals surface area contributed by atoms with Crippen LogP contribution in [0.2, 0.25) is 0 Å². The Kier molecular flexibility index (Phi) is 6.85. The summed E-state index contributed by atoms with van der Waals surface area (Å²) in [6.07, 6.45) is 13.3. The van der Waals surface area contributed by atoms with Crippen molar-refractivity contribution in [1.82, 2.24) is 4.90 Å². The molecule has 8 heteroatoms. The molecule has 0 atom stereocenters. The fourth-order valence-electron chi connectivity index (χ4n) is 5.09. The third-order valence-electron chi connectivity index (χ3n) is 6.89. The number of nitrogens with zero attached hydrogens (tertiary/aromatic N) is 3. The third-order valence-corrected chi connectivity index (χ3v) is 7.88. The first-order valence-corrected chi connectivity index (χ1v) is 13.1. The lowest BCUT2D eigenvalue weighted by molar-refractivity contribution is -0.384. The highest BCUT2D eigenvalue weighted by molar-refractivity contribution is 8.18. The summed E-state index contributed by atoms with van der Waals surface area (Å²) in [6.45, 7) is 0. The number of carbonyl (C=O) groups excluding carboxylic acids is 1. The highest BCUT2D eigenvalue weighted by atomic mass is 32.2. The highest BCUT2D eigenvalue weighted by Crippen LogP contribution is 2.39. The lowest BCUT2D eigenvalue weighted by atomic mass is 9.94. The van der Waals surface area contributed by atoms with Gasteiger partial charge >= 0.3 is 0 Å². The minimum absolute atomic E-state index is 0.0137. The second kappa shape index (κ2) is 10.2. The number of hydrogen-bond donors (Lipinski definition) is 0. The van der Waals surface area contributed by atoms with Gasteiger partial charge in [-0.2, -0.15) is 0 Å². The molecule has 0 spiro atoms. The van der Waals surface area contributed by atoms with Crippen molar-refractivity contribution in [2.45, 2.75) is 76.3 Å². The van der Waals surface area contributed by atoms with Gasteiger partial charge in [0.1, 0.15) is 11.5 Å². The van der Waals surface area contributed by atoms with Gasteiger partial charge in [0.2, 0.25) is 0 Å². The number of amidine groups is 1. The Balaban J connectivity index is 1.41. The molecule has 3 fully saturated rings. The van der Waals surface area contributed by atoms with Gasteiger partial charge < -0.3 is 4.42 Å². The molecular formula is C26H29N3O4S. The molecule has 1 aromatic heterocycles. The number of nitro groups is 1. The second-order valence-corrected chi connectivity index (χ2v) is 10.3. The summed E-state index contributed by atoms with van der Waals surface area (Å²) in [5, 5.41) is 11.9. The van der Waals surface area contributed by atoms with Crippen molar-refractivity contribution in [2.75, 3.05) is 0 Å². The molecule has 1 saturated heterocycles. The molecule has 1 amide bonds. The molecule has 0 bridgehead atoms.